The van der Waals surface area contributed by atoms with E-state index in [0.717, 1.165) is 17.7 Å². The Bertz CT molecular complexity index is 441. The normalized spacial score (nSPS) is 14.9. The van der Waals surface area contributed by atoms with E-state index in [-0.39, 0.29) is 24.5 Å². The Hall–Kier alpha value is -1.06. The van der Waals surface area contributed by atoms with Crippen molar-refractivity contribution in [1.29, 1.82) is 0 Å². The minimum atomic E-state index is 0. The van der Waals surface area contributed by atoms with Crippen LogP contribution >= 0.6 is 0 Å². The van der Waals surface area contributed by atoms with E-state index in [0.29, 0.717) is 6.42 Å². The molecule has 0 saturated carbocycles. The Labute approximate surface area is 107 Å². The van der Waals surface area contributed by atoms with E-state index in [9.17, 15) is 4.79 Å². The van der Waals surface area contributed by atoms with Crippen molar-refractivity contribution in [1.82, 2.24) is 5.43 Å². The number of carbonyl (C=O) groups excluding carboxylic acids is 1. The molecule has 1 aliphatic heterocycles. The van der Waals surface area contributed by atoms with Gasteiger partial charge in [0.2, 0.25) is 5.91 Å². The minimum absolute atomic E-state index is 0. The fourth-order valence-corrected chi connectivity index (χ4v) is 1.60. The molecule has 83 valence electrons. The summed E-state index contributed by atoms with van der Waals surface area (Å²) in [6.45, 7) is 4.17. The van der Waals surface area contributed by atoms with Gasteiger partial charge in [-0.3, -0.25) is 4.79 Å². The molecule has 16 heavy (non-hydrogen) atoms. The Morgan fingerprint density at radius 3 is 2.50 bits per heavy atom. The molecule has 3 nitrogen and oxygen atoms in total. The van der Waals surface area contributed by atoms with Crippen LogP contribution in [0.15, 0.2) is 23.3 Å². The van der Waals surface area contributed by atoms with E-state index < -0.39 is 0 Å². The second-order valence-corrected chi connectivity index (χ2v) is 3.89. The first-order valence-corrected chi connectivity index (χ1v) is 5.10. The first-order chi connectivity index (χ1) is 7.16. The number of aryl methyl sites for hydroxylation is 2. The second-order valence-electron chi connectivity index (χ2n) is 3.89. The number of hydrazone groups is 1. The van der Waals surface area contributed by atoms with Gasteiger partial charge in [-0.05, 0) is 36.6 Å². The monoisotopic (exact) mass is 253 g/mol. The zero-order chi connectivity index (χ0) is 10.8. The first kappa shape index (κ1) is 13.0. The molecular formula is C12H14N2OV. The summed E-state index contributed by atoms with van der Waals surface area (Å²) in [5.74, 6) is 0.00239. The third-order valence-electron chi connectivity index (χ3n) is 2.74. The van der Waals surface area contributed by atoms with E-state index in [1.807, 2.05) is 0 Å². The van der Waals surface area contributed by atoms with Crippen molar-refractivity contribution < 1.29 is 23.4 Å². The van der Waals surface area contributed by atoms with E-state index in [2.05, 4.69) is 42.6 Å². The summed E-state index contributed by atoms with van der Waals surface area (Å²) < 4.78 is 0. The molecule has 0 bridgehead atoms. The van der Waals surface area contributed by atoms with Gasteiger partial charge in [-0.15, -0.1) is 0 Å². The van der Waals surface area contributed by atoms with Crippen LogP contribution in [0.3, 0.4) is 0 Å². The average molecular weight is 253 g/mol. The van der Waals surface area contributed by atoms with Crippen molar-refractivity contribution in [2.75, 3.05) is 0 Å². The number of rotatable bonds is 1. The van der Waals surface area contributed by atoms with Gasteiger partial charge in [0.25, 0.3) is 0 Å². The number of hydrogen-bond donors (Lipinski definition) is 1. The maximum Gasteiger partial charge on any atom is 0.240 e. The maximum atomic E-state index is 10.9. The van der Waals surface area contributed by atoms with Gasteiger partial charge in [0, 0.05) is 31.4 Å². The topological polar surface area (TPSA) is 41.5 Å². The molecule has 1 aromatic rings. The largest absolute Gasteiger partial charge is 0.273 e. The number of carbonyl (C=O) groups is 1. The number of nitrogens with zero attached hydrogens (tertiary/aromatic N) is 1. The summed E-state index contributed by atoms with van der Waals surface area (Å²) in [7, 11) is 0. The zero-order valence-corrected chi connectivity index (χ0v) is 10.8. The van der Waals surface area contributed by atoms with Gasteiger partial charge in [-0.25, -0.2) is 5.43 Å². The maximum absolute atomic E-state index is 10.9. The molecule has 2 rings (SSSR count). The fraction of sp³-hybridized carbons (Fsp3) is 0.333. The molecule has 1 aromatic carbocycles. The second kappa shape index (κ2) is 5.33. The summed E-state index contributed by atoms with van der Waals surface area (Å²) in [4.78, 5) is 10.9. The number of benzene rings is 1. The summed E-state index contributed by atoms with van der Waals surface area (Å²) in [5, 5.41) is 4.07. The third kappa shape index (κ3) is 2.74. The van der Waals surface area contributed by atoms with Crippen LogP contribution < -0.4 is 5.43 Å². The predicted molar refractivity (Wildman–Crippen MR) is 59.8 cm³/mol. The molecule has 0 atom stereocenters. The van der Waals surface area contributed by atoms with Crippen LogP contribution in [0.5, 0.6) is 0 Å². The first-order valence-electron chi connectivity index (χ1n) is 5.10. The molecular weight excluding hydrogens is 239 g/mol. The standard InChI is InChI=1S/C12H14N2O.V/c1-8-3-4-10(7-9(8)2)11-5-6-12(15)14-13-11;/h3-4,7H,5-6H2,1-2H3,(H,14,15);. The van der Waals surface area contributed by atoms with Crippen LogP contribution in [0.1, 0.15) is 29.5 Å². The molecule has 0 aromatic heterocycles. The summed E-state index contributed by atoms with van der Waals surface area (Å²) in [5.41, 5.74) is 7.13. The summed E-state index contributed by atoms with van der Waals surface area (Å²) >= 11 is 0. The van der Waals surface area contributed by atoms with Crippen molar-refractivity contribution in [3.8, 4) is 0 Å². The van der Waals surface area contributed by atoms with Crippen LogP contribution in [0.25, 0.3) is 0 Å². The van der Waals surface area contributed by atoms with Gasteiger partial charge in [0.1, 0.15) is 0 Å². The molecule has 1 aliphatic rings. The van der Waals surface area contributed by atoms with Gasteiger partial charge >= 0.3 is 0 Å². The van der Waals surface area contributed by atoms with E-state index in [4.69, 9.17) is 0 Å². The van der Waals surface area contributed by atoms with Crippen molar-refractivity contribution in [2.45, 2.75) is 26.7 Å². The van der Waals surface area contributed by atoms with Gasteiger partial charge < -0.3 is 0 Å². The van der Waals surface area contributed by atoms with Gasteiger partial charge in [-0.1, -0.05) is 12.1 Å². The fourth-order valence-electron chi connectivity index (χ4n) is 1.60. The van der Waals surface area contributed by atoms with Crippen LogP contribution in [0.2, 0.25) is 0 Å². The van der Waals surface area contributed by atoms with Gasteiger partial charge in [0.05, 0.1) is 5.71 Å². The molecule has 0 unspecified atom stereocenters. The molecule has 4 heteroatoms. The van der Waals surface area contributed by atoms with E-state index in [1.165, 1.54) is 11.1 Å². The number of hydrogen-bond acceptors (Lipinski definition) is 2. The summed E-state index contributed by atoms with van der Waals surface area (Å²) in [6.07, 6.45) is 1.26. The van der Waals surface area contributed by atoms with Crippen molar-refractivity contribution in [2.24, 2.45) is 5.10 Å². The molecule has 0 saturated heterocycles. The summed E-state index contributed by atoms with van der Waals surface area (Å²) in [6, 6.07) is 6.26. The number of amides is 1. The van der Waals surface area contributed by atoms with E-state index in [1.54, 1.807) is 0 Å². The molecule has 0 aliphatic carbocycles. The predicted octanol–water partition coefficient (Wildman–Crippen LogP) is 1.92. The zero-order valence-electron chi connectivity index (χ0n) is 9.45. The van der Waals surface area contributed by atoms with Crippen LogP contribution in [0, 0.1) is 13.8 Å². The Balaban J connectivity index is 0.00000128. The Morgan fingerprint density at radius 1 is 1.19 bits per heavy atom. The van der Waals surface area contributed by atoms with Gasteiger partial charge in [-0.2, -0.15) is 5.10 Å². The molecule has 1 heterocycles. The molecule has 1 amide bonds. The Morgan fingerprint density at radius 2 is 1.94 bits per heavy atom. The molecule has 1 N–H and O–H groups in total. The van der Waals surface area contributed by atoms with Crippen molar-refractivity contribution in [3.63, 3.8) is 0 Å². The van der Waals surface area contributed by atoms with Crippen molar-refractivity contribution in [3.05, 3.63) is 34.9 Å². The van der Waals surface area contributed by atoms with Crippen LogP contribution in [0.4, 0.5) is 0 Å². The van der Waals surface area contributed by atoms with Crippen LogP contribution in [-0.4, -0.2) is 11.6 Å². The SMILES string of the molecule is Cc1ccc(C2=NNC(=O)CC2)cc1C.[V]. The van der Waals surface area contributed by atoms with Crippen LogP contribution in [-0.2, 0) is 23.4 Å². The molecule has 0 fully saturated rings. The van der Waals surface area contributed by atoms with Crippen molar-refractivity contribution >= 4 is 11.6 Å². The minimum Gasteiger partial charge on any atom is -0.273 e. The molecule has 1 radical (unpaired) electrons. The van der Waals surface area contributed by atoms with Gasteiger partial charge in [0.15, 0.2) is 0 Å². The quantitative estimate of drug-likeness (QED) is 0.816. The average Bonchev–Trinajstić information content (AvgIpc) is 2.23. The van der Waals surface area contributed by atoms with E-state index >= 15 is 0 Å². The number of nitrogens with one attached hydrogen (secondary N) is 1. The third-order valence-corrected chi connectivity index (χ3v) is 2.74. The Kier molecular flexibility index (Phi) is 4.33. The molecule has 0 spiro atoms. The smallest absolute Gasteiger partial charge is 0.240 e.